The Hall–Kier alpha value is -3.07. The van der Waals surface area contributed by atoms with Crippen LogP contribution in [0.3, 0.4) is 0 Å². The molecule has 6 rings (SSSR count). The van der Waals surface area contributed by atoms with E-state index in [1.807, 2.05) is 42.5 Å². The molecule has 3 heteroatoms. The first-order chi connectivity index (χ1) is 10.9. The smallest absolute Gasteiger partial charge is 0.215 e. The summed E-state index contributed by atoms with van der Waals surface area (Å²) in [4.78, 5) is 3.50. The van der Waals surface area contributed by atoms with Crippen LogP contribution >= 0.6 is 0 Å². The number of aromatic amines is 1. The number of benzene rings is 3. The zero-order valence-corrected chi connectivity index (χ0v) is 11.5. The number of rotatable bonds is 0. The minimum absolute atomic E-state index is 0.861. The van der Waals surface area contributed by atoms with Gasteiger partial charge >= 0.3 is 0 Å². The predicted octanol–water partition coefficient (Wildman–Crippen LogP) is 4.84. The molecule has 0 unspecified atom stereocenters. The first-order valence-electron chi connectivity index (χ1n) is 7.30. The lowest BCUT2D eigenvalue weighted by atomic mass is 9.93. The van der Waals surface area contributed by atoms with E-state index in [0.717, 1.165) is 49.7 Å². The molecule has 0 fully saturated rings. The molecule has 0 radical (unpaired) electrons. The second-order valence-corrected chi connectivity index (χ2v) is 5.69. The molecule has 2 aliphatic rings. The summed E-state index contributed by atoms with van der Waals surface area (Å²) >= 11 is 0. The van der Waals surface area contributed by atoms with Crippen LogP contribution in [0.1, 0.15) is 0 Å². The van der Waals surface area contributed by atoms with E-state index in [1.165, 1.54) is 5.56 Å². The van der Waals surface area contributed by atoms with Crippen molar-refractivity contribution >= 4 is 44.1 Å². The van der Waals surface area contributed by atoms with Crippen molar-refractivity contribution in [3.05, 3.63) is 54.6 Å². The largest absolute Gasteiger partial charge is 0.456 e. The predicted molar refractivity (Wildman–Crippen MR) is 85.4 cm³/mol. The van der Waals surface area contributed by atoms with Crippen LogP contribution in [0.15, 0.2) is 63.4 Å². The normalized spacial score (nSPS) is 12.5. The Labute approximate surface area is 124 Å². The van der Waals surface area contributed by atoms with E-state index >= 15 is 0 Å². The van der Waals surface area contributed by atoms with Crippen LogP contribution in [0.5, 0.6) is 0 Å². The highest BCUT2D eigenvalue weighted by Crippen LogP contribution is 2.46. The fourth-order valence-electron chi connectivity index (χ4n) is 3.64. The molecule has 0 saturated heterocycles. The minimum atomic E-state index is 0.861. The second-order valence-electron chi connectivity index (χ2n) is 5.69. The highest BCUT2D eigenvalue weighted by atomic mass is 16.3. The third-order valence-electron chi connectivity index (χ3n) is 4.50. The van der Waals surface area contributed by atoms with Gasteiger partial charge in [-0.1, -0.05) is 18.2 Å². The van der Waals surface area contributed by atoms with Crippen molar-refractivity contribution in [3.63, 3.8) is 0 Å². The number of hydrogen-bond acceptors (Lipinski definition) is 2. The van der Waals surface area contributed by atoms with Crippen LogP contribution in [0.25, 0.3) is 55.3 Å². The van der Waals surface area contributed by atoms with Crippen LogP contribution < -0.4 is 4.98 Å². The number of pyridine rings is 1. The highest BCUT2D eigenvalue weighted by Gasteiger charge is 2.27. The average molecular weight is 284 g/mol. The lowest BCUT2D eigenvalue weighted by Gasteiger charge is -2.16. The molecule has 0 aliphatic carbocycles. The molecule has 4 aromatic rings. The van der Waals surface area contributed by atoms with Crippen molar-refractivity contribution in [2.45, 2.75) is 0 Å². The Balaban J connectivity index is 2.15. The van der Waals surface area contributed by atoms with Gasteiger partial charge in [0.15, 0.2) is 0 Å². The van der Waals surface area contributed by atoms with Gasteiger partial charge in [-0.3, -0.25) is 0 Å². The zero-order chi connectivity index (χ0) is 14.3. The fourth-order valence-corrected chi connectivity index (χ4v) is 3.64. The monoisotopic (exact) mass is 284 g/mol. The van der Waals surface area contributed by atoms with Crippen LogP contribution in [0.2, 0.25) is 0 Å². The first kappa shape index (κ1) is 10.6. The van der Waals surface area contributed by atoms with Crippen molar-refractivity contribution in [2.75, 3.05) is 0 Å². The number of hydrogen-bond donors (Lipinski definition) is 0. The Kier molecular flexibility index (Phi) is 1.64. The van der Waals surface area contributed by atoms with Gasteiger partial charge in [0, 0.05) is 17.7 Å². The van der Waals surface area contributed by atoms with Crippen molar-refractivity contribution in [2.24, 2.45) is 0 Å². The quantitative estimate of drug-likeness (QED) is 0.296. The molecule has 1 aromatic heterocycles. The fraction of sp³-hybridized carbons (Fsp3) is 0. The molecule has 2 aliphatic heterocycles. The Morgan fingerprint density at radius 2 is 1.05 bits per heavy atom. The molecular weight excluding hydrogens is 274 g/mol. The maximum absolute atomic E-state index is 6.11. The van der Waals surface area contributed by atoms with Gasteiger partial charge in [0.05, 0.1) is 16.3 Å². The molecule has 0 bridgehead atoms. The summed E-state index contributed by atoms with van der Waals surface area (Å²) in [7, 11) is 0. The topological polar surface area (TPSA) is 40.4 Å². The first-order valence-corrected chi connectivity index (χ1v) is 7.30. The summed E-state index contributed by atoms with van der Waals surface area (Å²) in [6.45, 7) is 0. The van der Waals surface area contributed by atoms with Crippen molar-refractivity contribution in [1.82, 2.24) is 0 Å². The van der Waals surface area contributed by atoms with Gasteiger partial charge in [0.2, 0.25) is 11.0 Å². The summed E-state index contributed by atoms with van der Waals surface area (Å²) in [6, 6.07) is 18.2. The second kappa shape index (κ2) is 3.39. The molecule has 3 heterocycles. The van der Waals surface area contributed by atoms with E-state index in [1.54, 1.807) is 0 Å². The Morgan fingerprint density at radius 3 is 1.64 bits per heavy atom. The van der Waals surface area contributed by atoms with Gasteiger partial charge in [0.25, 0.3) is 0 Å². The summed E-state index contributed by atoms with van der Waals surface area (Å²) in [5.41, 5.74) is 7.96. The van der Waals surface area contributed by atoms with Crippen LogP contribution in [-0.2, 0) is 0 Å². The van der Waals surface area contributed by atoms with E-state index in [0.29, 0.717) is 0 Å². The molecule has 0 atom stereocenters. The van der Waals surface area contributed by atoms with Gasteiger partial charge in [0.1, 0.15) is 22.3 Å². The number of H-pyrrole nitrogens is 1. The summed E-state index contributed by atoms with van der Waals surface area (Å²) in [6.07, 6.45) is 0. The van der Waals surface area contributed by atoms with Crippen molar-refractivity contribution < 1.29 is 13.8 Å². The van der Waals surface area contributed by atoms with E-state index in [2.05, 4.69) is 17.1 Å². The zero-order valence-electron chi connectivity index (χ0n) is 11.5. The van der Waals surface area contributed by atoms with Gasteiger partial charge in [-0.15, -0.1) is 0 Å². The maximum atomic E-state index is 6.11. The van der Waals surface area contributed by atoms with E-state index in [4.69, 9.17) is 8.83 Å². The Morgan fingerprint density at radius 1 is 0.545 bits per heavy atom. The molecule has 3 nitrogen and oxygen atoms in total. The van der Waals surface area contributed by atoms with Crippen LogP contribution in [0.4, 0.5) is 0 Å². The third-order valence-corrected chi connectivity index (χ3v) is 4.50. The maximum Gasteiger partial charge on any atom is 0.215 e. The third kappa shape index (κ3) is 1.08. The van der Waals surface area contributed by atoms with Crippen molar-refractivity contribution in [1.29, 1.82) is 0 Å². The summed E-state index contributed by atoms with van der Waals surface area (Å²) < 4.78 is 12.2. The minimum Gasteiger partial charge on any atom is -0.456 e. The standard InChI is InChI=1S/C19H9NO2/c1-4-10-16-12(6-1)21-14-8-3-9-15-18(14)19(16)17-11(20-10)5-2-7-13(17)22-15/h1-9H/p+1. The lowest BCUT2D eigenvalue weighted by molar-refractivity contribution is -0.310. The molecule has 102 valence electrons. The Bertz CT molecular complexity index is 1180. The van der Waals surface area contributed by atoms with E-state index in [9.17, 15) is 0 Å². The molecule has 1 N–H and O–H groups in total. The van der Waals surface area contributed by atoms with Crippen LogP contribution in [0, 0.1) is 0 Å². The molecule has 0 amide bonds. The summed E-state index contributed by atoms with van der Waals surface area (Å²) in [5.74, 6) is 0. The number of aromatic nitrogens is 1. The van der Waals surface area contributed by atoms with Crippen LogP contribution in [-0.4, -0.2) is 0 Å². The van der Waals surface area contributed by atoms with Gasteiger partial charge in [-0.05, 0) is 24.3 Å². The molecule has 0 saturated carbocycles. The SMILES string of the molecule is c1cc2oc3cccc4[nH+]c5cccc6oc(c1)c2-c(c43)c56. The van der Waals surface area contributed by atoms with Gasteiger partial charge < -0.3 is 8.83 Å². The number of nitrogens with one attached hydrogen (secondary N) is 1. The lowest BCUT2D eigenvalue weighted by Crippen LogP contribution is -2.08. The summed E-state index contributed by atoms with van der Waals surface area (Å²) in [5, 5.41) is 2.26. The van der Waals surface area contributed by atoms with E-state index in [-0.39, 0.29) is 0 Å². The molecule has 0 spiro atoms. The average Bonchev–Trinajstić information content (AvgIpc) is 2.55. The molecule has 3 aromatic carbocycles. The van der Waals surface area contributed by atoms with Gasteiger partial charge in [-0.25, -0.2) is 4.98 Å². The van der Waals surface area contributed by atoms with Gasteiger partial charge in [-0.2, -0.15) is 0 Å². The van der Waals surface area contributed by atoms with E-state index < -0.39 is 0 Å². The molecular formula is C19H10NO2+. The van der Waals surface area contributed by atoms with Crippen molar-refractivity contribution in [3.8, 4) is 11.1 Å². The highest BCUT2D eigenvalue weighted by molar-refractivity contribution is 6.22. The molecule has 22 heavy (non-hydrogen) atoms.